The lowest BCUT2D eigenvalue weighted by Crippen LogP contribution is -2.58. The SMILES string of the molecule is CC[C@H](C(=O)N1CCN([C@@H](C(=O)NCc2ccccc2F)C2CCCC2)CC1)c1ccccc1. The van der Waals surface area contributed by atoms with Gasteiger partial charge in [0, 0.05) is 38.3 Å². The molecule has 0 spiro atoms. The number of halogens is 1. The quantitative estimate of drug-likeness (QED) is 0.631. The van der Waals surface area contributed by atoms with Crippen molar-refractivity contribution in [2.24, 2.45) is 5.92 Å². The summed E-state index contributed by atoms with van der Waals surface area (Å²) in [6.45, 7) is 4.89. The van der Waals surface area contributed by atoms with Crippen LogP contribution in [0.1, 0.15) is 56.1 Å². The van der Waals surface area contributed by atoms with Gasteiger partial charge >= 0.3 is 0 Å². The molecule has 2 aliphatic rings. The van der Waals surface area contributed by atoms with Gasteiger partial charge in [0.25, 0.3) is 0 Å². The first-order valence-corrected chi connectivity index (χ1v) is 12.7. The van der Waals surface area contributed by atoms with Crippen LogP contribution in [0.25, 0.3) is 0 Å². The molecule has 4 rings (SSSR count). The number of carbonyl (C=O) groups is 2. The fraction of sp³-hybridized carbons (Fsp3) is 0.500. The molecule has 0 radical (unpaired) electrons. The second-order valence-corrected chi connectivity index (χ2v) is 9.53. The van der Waals surface area contributed by atoms with Gasteiger partial charge in [-0.3, -0.25) is 14.5 Å². The van der Waals surface area contributed by atoms with E-state index in [1.54, 1.807) is 18.2 Å². The van der Waals surface area contributed by atoms with Gasteiger partial charge < -0.3 is 10.2 Å². The molecule has 2 fully saturated rings. The second kappa shape index (κ2) is 11.6. The number of benzene rings is 2. The number of nitrogens with zero attached hydrogens (tertiary/aromatic N) is 2. The van der Waals surface area contributed by atoms with Crippen LogP contribution in [0.2, 0.25) is 0 Å². The Hall–Kier alpha value is -2.73. The molecule has 0 unspecified atom stereocenters. The first-order valence-electron chi connectivity index (χ1n) is 12.7. The summed E-state index contributed by atoms with van der Waals surface area (Å²) >= 11 is 0. The van der Waals surface area contributed by atoms with Gasteiger partial charge in [-0.25, -0.2) is 4.39 Å². The Balaban J connectivity index is 1.39. The van der Waals surface area contributed by atoms with E-state index in [1.165, 1.54) is 6.07 Å². The normalized spacial score (nSPS) is 19.1. The Morgan fingerprint density at radius 2 is 1.62 bits per heavy atom. The predicted molar refractivity (Wildman–Crippen MR) is 132 cm³/mol. The van der Waals surface area contributed by atoms with Gasteiger partial charge in [-0.05, 0) is 36.8 Å². The highest BCUT2D eigenvalue weighted by atomic mass is 19.1. The molecule has 6 heteroatoms. The molecule has 182 valence electrons. The van der Waals surface area contributed by atoms with Gasteiger partial charge in [0.15, 0.2) is 0 Å². The van der Waals surface area contributed by atoms with E-state index in [-0.39, 0.29) is 36.1 Å². The fourth-order valence-electron chi connectivity index (χ4n) is 5.56. The summed E-state index contributed by atoms with van der Waals surface area (Å²) in [7, 11) is 0. The van der Waals surface area contributed by atoms with Crippen LogP contribution in [-0.4, -0.2) is 53.8 Å². The van der Waals surface area contributed by atoms with Crippen molar-refractivity contribution in [1.82, 2.24) is 15.1 Å². The van der Waals surface area contributed by atoms with Crippen molar-refractivity contribution in [3.05, 3.63) is 71.5 Å². The van der Waals surface area contributed by atoms with E-state index in [4.69, 9.17) is 0 Å². The number of hydrogen-bond acceptors (Lipinski definition) is 3. The zero-order valence-electron chi connectivity index (χ0n) is 20.1. The van der Waals surface area contributed by atoms with Crippen molar-refractivity contribution in [2.75, 3.05) is 26.2 Å². The van der Waals surface area contributed by atoms with Crippen LogP contribution in [0.4, 0.5) is 4.39 Å². The van der Waals surface area contributed by atoms with Crippen molar-refractivity contribution in [2.45, 2.75) is 57.5 Å². The molecule has 1 saturated carbocycles. The molecule has 2 aromatic rings. The zero-order valence-corrected chi connectivity index (χ0v) is 20.1. The lowest BCUT2D eigenvalue weighted by atomic mass is 9.93. The van der Waals surface area contributed by atoms with Gasteiger partial charge in [-0.1, -0.05) is 68.3 Å². The maximum Gasteiger partial charge on any atom is 0.237 e. The maximum absolute atomic E-state index is 14.0. The Morgan fingerprint density at radius 1 is 0.971 bits per heavy atom. The van der Waals surface area contributed by atoms with Crippen LogP contribution in [0.3, 0.4) is 0 Å². The minimum atomic E-state index is -0.295. The third-order valence-electron chi connectivity index (χ3n) is 7.45. The van der Waals surface area contributed by atoms with Gasteiger partial charge in [0.05, 0.1) is 12.0 Å². The highest BCUT2D eigenvalue weighted by molar-refractivity contribution is 5.84. The third-order valence-corrected chi connectivity index (χ3v) is 7.45. The predicted octanol–water partition coefficient (Wildman–Crippen LogP) is 4.34. The number of amides is 2. The Morgan fingerprint density at radius 3 is 2.26 bits per heavy atom. The van der Waals surface area contributed by atoms with E-state index < -0.39 is 0 Å². The molecule has 2 amide bonds. The average molecular weight is 466 g/mol. The summed E-state index contributed by atoms with van der Waals surface area (Å²) < 4.78 is 14.0. The van der Waals surface area contributed by atoms with Crippen molar-refractivity contribution < 1.29 is 14.0 Å². The molecule has 0 aromatic heterocycles. The fourth-order valence-corrected chi connectivity index (χ4v) is 5.56. The van der Waals surface area contributed by atoms with E-state index >= 15 is 0 Å². The number of rotatable bonds is 8. The Bertz CT molecular complexity index is 953. The third kappa shape index (κ3) is 5.66. The molecule has 2 aromatic carbocycles. The molecular formula is C28H36FN3O2. The monoisotopic (exact) mass is 465 g/mol. The number of nitrogens with one attached hydrogen (secondary N) is 1. The van der Waals surface area contributed by atoms with Crippen LogP contribution >= 0.6 is 0 Å². The van der Waals surface area contributed by atoms with E-state index in [0.717, 1.165) is 37.7 Å². The molecule has 1 N–H and O–H groups in total. The lowest BCUT2D eigenvalue weighted by Gasteiger charge is -2.41. The summed E-state index contributed by atoms with van der Waals surface area (Å²) in [5.41, 5.74) is 1.57. The molecule has 1 aliphatic carbocycles. The standard InChI is InChI=1S/C28H36FN3O2/c1-2-24(21-10-4-3-5-11-21)28(34)32-18-16-31(17-19-32)26(22-12-6-7-13-22)27(33)30-20-23-14-8-9-15-25(23)29/h3-5,8-11,14-15,22,24,26H,2,6-7,12-13,16-20H2,1H3,(H,30,33)/t24-,26+/m0/s1. The van der Waals surface area contributed by atoms with Crippen LogP contribution in [-0.2, 0) is 16.1 Å². The molecule has 1 heterocycles. The minimum absolute atomic E-state index is 0.0225. The largest absolute Gasteiger partial charge is 0.351 e. The van der Waals surface area contributed by atoms with Gasteiger partial charge in [-0.15, -0.1) is 0 Å². The van der Waals surface area contributed by atoms with Crippen molar-refractivity contribution in [3.63, 3.8) is 0 Å². The van der Waals surface area contributed by atoms with Crippen LogP contribution in [0, 0.1) is 11.7 Å². The summed E-state index contributed by atoms with van der Waals surface area (Å²) in [4.78, 5) is 30.8. The second-order valence-electron chi connectivity index (χ2n) is 9.53. The van der Waals surface area contributed by atoms with Crippen LogP contribution in [0.5, 0.6) is 0 Å². The van der Waals surface area contributed by atoms with Gasteiger partial charge in [-0.2, -0.15) is 0 Å². The molecule has 1 aliphatic heterocycles. The molecular weight excluding hydrogens is 429 g/mol. The number of piperazine rings is 1. The first kappa shape index (κ1) is 24.4. The number of carbonyl (C=O) groups excluding carboxylic acids is 2. The highest BCUT2D eigenvalue weighted by Gasteiger charge is 2.38. The summed E-state index contributed by atoms with van der Waals surface area (Å²) in [5.74, 6) is 0.0506. The molecule has 2 atom stereocenters. The van der Waals surface area contributed by atoms with E-state index in [9.17, 15) is 14.0 Å². The minimum Gasteiger partial charge on any atom is -0.351 e. The van der Waals surface area contributed by atoms with Crippen LogP contribution in [0.15, 0.2) is 54.6 Å². The topological polar surface area (TPSA) is 52.7 Å². The van der Waals surface area contributed by atoms with E-state index in [1.807, 2.05) is 35.2 Å². The summed E-state index contributed by atoms with van der Waals surface area (Å²) in [6.07, 6.45) is 5.16. The van der Waals surface area contributed by atoms with Crippen molar-refractivity contribution >= 4 is 11.8 Å². The Labute approximate surface area is 202 Å². The Kier molecular flexibility index (Phi) is 8.33. The highest BCUT2D eigenvalue weighted by Crippen LogP contribution is 2.31. The van der Waals surface area contributed by atoms with Crippen molar-refractivity contribution in [1.29, 1.82) is 0 Å². The van der Waals surface area contributed by atoms with E-state index in [0.29, 0.717) is 37.7 Å². The first-order chi connectivity index (χ1) is 16.6. The van der Waals surface area contributed by atoms with Gasteiger partial charge in [0.1, 0.15) is 5.82 Å². The summed E-state index contributed by atoms with van der Waals surface area (Å²) in [6, 6.07) is 16.3. The number of hydrogen-bond donors (Lipinski definition) is 1. The summed E-state index contributed by atoms with van der Waals surface area (Å²) in [5, 5.41) is 3.00. The van der Waals surface area contributed by atoms with Crippen molar-refractivity contribution in [3.8, 4) is 0 Å². The smallest absolute Gasteiger partial charge is 0.237 e. The average Bonchev–Trinajstić information content (AvgIpc) is 3.39. The van der Waals surface area contributed by atoms with Crippen LogP contribution < -0.4 is 5.32 Å². The lowest BCUT2D eigenvalue weighted by molar-refractivity contribution is -0.136. The molecule has 1 saturated heterocycles. The van der Waals surface area contributed by atoms with Gasteiger partial charge in [0.2, 0.25) is 11.8 Å². The molecule has 0 bridgehead atoms. The molecule has 34 heavy (non-hydrogen) atoms. The maximum atomic E-state index is 14.0. The molecule has 5 nitrogen and oxygen atoms in total. The zero-order chi connectivity index (χ0) is 23.9. The van der Waals surface area contributed by atoms with E-state index in [2.05, 4.69) is 17.1 Å².